The fraction of sp³-hybridized carbons (Fsp3) is 0.423. The van der Waals surface area contributed by atoms with E-state index in [1.54, 1.807) is 30.3 Å². The third kappa shape index (κ3) is 3.62. The molecule has 4 atom stereocenters. The van der Waals surface area contributed by atoms with Crippen molar-refractivity contribution in [1.29, 1.82) is 0 Å². The smallest absolute Gasteiger partial charge is 0.325 e. The Balaban J connectivity index is 1.58. The highest BCUT2D eigenvalue weighted by Crippen LogP contribution is 2.52. The Bertz CT molecular complexity index is 1050. The minimum atomic E-state index is -1.52. The highest BCUT2D eigenvalue weighted by molar-refractivity contribution is 6.44. The first-order valence-corrected chi connectivity index (χ1v) is 11.5. The molecule has 0 aromatic heterocycles. The first-order chi connectivity index (χ1) is 15.5. The molecule has 0 saturated heterocycles. The number of hydrogen-bond acceptors (Lipinski definition) is 5. The van der Waals surface area contributed by atoms with Gasteiger partial charge in [-0.1, -0.05) is 55.0 Å². The predicted molar refractivity (Wildman–Crippen MR) is 121 cm³/mol. The van der Waals surface area contributed by atoms with Gasteiger partial charge in [0.25, 0.3) is 0 Å². The highest BCUT2D eigenvalue weighted by atomic mass is 16.4. The van der Waals surface area contributed by atoms with Gasteiger partial charge < -0.3 is 10.4 Å². The zero-order valence-corrected chi connectivity index (χ0v) is 17.9. The van der Waals surface area contributed by atoms with Crippen LogP contribution in [0.1, 0.15) is 60.4 Å². The van der Waals surface area contributed by atoms with E-state index in [0.717, 1.165) is 43.4 Å². The van der Waals surface area contributed by atoms with E-state index in [9.17, 15) is 19.5 Å². The Kier molecular flexibility index (Phi) is 5.33. The largest absolute Gasteiger partial charge is 0.480 e. The lowest BCUT2D eigenvalue weighted by atomic mass is 9.65. The van der Waals surface area contributed by atoms with Crippen LogP contribution in [0.5, 0.6) is 0 Å². The lowest BCUT2D eigenvalue weighted by Crippen LogP contribution is -2.62. The third-order valence-corrected chi connectivity index (χ3v) is 7.31. The summed E-state index contributed by atoms with van der Waals surface area (Å²) < 4.78 is 0. The van der Waals surface area contributed by atoms with Crippen LogP contribution >= 0.6 is 0 Å². The van der Waals surface area contributed by atoms with E-state index < -0.39 is 29.0 Å². The van der Waals surface area contributed by atoms with Crippen molar-refractivity contribution in [2.45, 2.75) is 62.1 Å². The third-order valence-electron chi connectivity index (χ3n) is 7.31. The number of anilines is 1. The summed E-state index contributed by atoms with van der Waals surface area (Å²) in [5.41, 5.74) is 0.637. The van der Waals surface area contributed by atoms with Crippen molar-refractivity contribution >= 4 is 23.2 Å². The second kappa shape index (κ2) is 8.17. The highest BCUT2D eigenvalue weighted by Gasteiger charge is 2.57. The standard InChI is InChI=1S/C26H28N2O4/c29-22(24(30)16-7-2-1-3-8-16)15-26(25(31)32,28-17-13-14-17)23-18-9-4-5-11-20(18)27-21-12-6-10-19(21)23/h1-5,7-9,11,17,19,21,23,27-28H,6,10,12-15H2,(H,31,32)/t19-,21+,23?,26?/m0/s1. The van der Waals surface area contributed by atoms with E-state index in [4.69, 9.17) is 0 Å². The molecule has 6 heteroatoms. The molecule has 1 aliphatic heterocycles. The zero-order chi connectivity index (χ0) is 22.3. The molecule has 0 radical (unpaired) electrons. The molecule has 1 heterocycles. The monoisotopic (exact) mass is 432 g/mol. The summed E-state index contributed by atoms with van der Waals surface area (Å²) in [5.74, 6) is -2.63. The number of carbonyl (C=O) groups excluding carboxylic acids is 2. The molecule has 0 amide bonds. The van der Waals surface area contributed by atoms with Crippen molar-refractivity contribution < 1.29 is 19.5 Å². The number of benzene rings is 2. The van der Waals surface area contributed by atoms with Crippen LogP contribution in [-0.4, -0.2) is 40.3 Å². The Morgan fingerprint density at radius 3 is 2.41 bits per heavy atom. The molecule has 2 aromatic carbocycles. The number of ketones is 2. The number of carboxylic acid groups (broad SMARTS) is 1. The number of hydrogen-bond donors (Lipinski definition) is 3. The van der Waals surface area contributed by atoms with Crippen LogP contribution in [0.2, 0.25) is 0 Å². The molecular formula is C26H28N2O4. The maximum absolute atomic E-state index is 13.2. The molecular weight excluding hydrogens is 404 g/mol. The number of nitrogens with one attached hydrogen (secondary N) is 2. The number of para-hydroxylation sites is 1. The average Bonchev–Trinajstić information content (AvgIpc) is 3.50. The Hall–Kier alpha value is -2.99. The van der Waals surface area contributed by atoms with Gasteiger partial charge >= 0.3 is 5.97 Å². The summed E-state index contributed by atoms with van der Waals surface area (Å²) in [7, 11) is 0. The number of rotatable bonds is 8. The summed E-state index contributed by atoms with van der Waals surface area (Å²) in [6.07, 6.45) is 4.31. The normalized spacial score (nSPS) is 25.7. The van der Waals surface area contributed by atoms with Gasteiger partial charge in [-0.25, -0.2) is 0 Å². The lowest BCUT2D eigenvalue weighted by molar-refractivity contribution is -0.149. The average molecular weight is 433 g/mol. The zero-order valence-electron chi connectivity index (χ0n) is 17.9. The van der Waals surface area contributed by atoms with Crippen LogP contribution in [0, 0.1) is 5.92 Å². The maximum Gasteiger partial charge on any atom is 0.325 e. The molecule has 2 saturated carbocycles. The predicted octanol–water partition coefficient (Wildman–Crippen LogP) is 3.78. The first-order valence-electron chi connectivity index (χ1n) is 11.5. The van der Waals surface area contributed by atoms with E-state index in [2.05, 4.69) is 10.6 Å². The second-order valence-electron chi connectivity index (χ2n) is 9.40. The van der Waals surface area contributed by atoms with Crippen molar-refractivity contribution in [2.24, 2.45) is 5.92 Å². The van der Waals surface area contributed by atoms with Gasteiger partial charge in [-0.3, -0.25) is 19.7 Å². The fourth-order valence-electron chi connectivity index (χ4n) is 5.72. The number of aliphatic carboxylic acids is 1. The molecule has 2 aromatic rings. The van der Waals surface area contributed by atoms with E-state index in [-0.39, 0.29) is 24.4 Å². The molecule has 0 bridgehead atoms. The number of fused-ring (bicyclic) bond motifs is 2. The molecule has 166 valence electrons. The van der Waals surface area contributed by atoms with Crippen LogP contribution in [0.15, 0.2) is 54.6 Å². The quantitative estimate of drug-likeness (QED) is 0.434. The lowest BCUT2D eigenvalue weighted by Gasteiger charge is -2.46. The van der Waals surface area contributed by atoms with Gasteiger partial charge in [0, 0.05) is 35.7 Å². The van der Waals surface area contributed by atoms with E-state index in [1.807, 2.05) is 24.3 Å². The van der Waals surface area contributed by atoms with Crippen molar-refractivity contribution in [3.05, 3.63) is 65.7 Å². The molecule has 5 rings (SSSR count). The van der Waals surface area contributed by atoms with Gasteiger partial charge in [-0.05, 0) is 43.2 Å². The molecule has 3 aliphatic rings. The molecule has 2 fully saturated rings. The van der Waals surface area contributed by atoms with E-state index >= 15 is 0 Å². The van der Waals surface area contributed by atoms with Gasteiger partial charge in [0.05, 0.1) is 0 Å². The van der Waals surface area contributed by atoms with Crippen molar-refractivity contribution in [2.75, 3.05) is 5.32 Å². The molecule has 6 nitrogen and oxygen atoms in total. The molecule has 0 spiro atoms. The van der Waals surface area contributed by atoms with Crippen molar-refractivity contribution in [3.63, 3.8) is 0 Å². The van der Waals surface area contributed by atoms with Gasteiger partial charge in [0.15, 0.2) is 0 Å². The summed E-state index contributed by atoms with van der Waals surface area (Å²) in [4.78, 5) is 39.2. The van der Waals surface area contributed by atoms with Gasteiger partial charge in [-0.15, -0.1) is 0 Å². The Labute approximate surface area is 187 Å². The minimum Gasteiger partial charge on any atom is -0.480 e. The minimum absolute atomic E-state index is 0.0626. The molecule has 32 heavy (non-hydrogen) atoms. The van der Waals surface area contributed by atoms with Gasteiger partial charge in [-0.2, -0.15) is 0 Å². The van der Waals surface area contributed by atoms with Crippen molar-refractivity contribution in [3.8, 4) is 0 Å². The molecule has 3 N–H and O–H groups in total. The second-order valence-corrected chi connectivity index (χ2v) is 9.40. The summed E-state index contributed by atoms with van der Waals surface area (Å²) in [6, 6.07) is 16.5. The fourth-order valence-corrected chi connectivity index (χ4v) is 5.72. The summed E-state index contributed by atoms with van der Waals surface area (Å²) >= 11 is 0. The van der Waals surface area contributed by atoms with Gasteiger partial charge in [0.1, 0.15) is 5.54 Å². The van der Waals surface area contributed by atoms with Gasteiger partial charge in [0.2, 0.25) is 11.6 Å². The van der Waals surface area contributed by atoms with Crippen LogP contribution in [0.4, 0.5) is 5.69 Å². The van der Waals surface area contributed by atoms with Crippen LogP contribution < -0.4 is 10.6 Å². The topological polar surface area (TPSA) is 95.5 Å². The van der Waals surface area contributed by atoms with Crippen LogP contribution in [0.3, 0.4) is 0 Å². The first kappa shape index (κ1) is 20.9. The summed E-state index contributed by atoms with van der Waals surface area (Å²) in [6.45, 7) is 0. The van der Waals surface area contributed by atoms with Crippen molar-refractivity contribution in [1.82, 2.24) is 5.32 Å². The number of carbonyl (C=O) groups is 3. The Morgan fingerprint density at radius 1 is 0.969 bits per heavy atom. The van der Waals surface area contributed by atoms with Crippen LogP contribution in [0.25, 0.3) is 0 Å². The number of carboxylic acids is 1. The Morgan fingerprint density at radius 2 is 1.69 bits per heavy atom. The molecule has 2 unspecified atom stereocenters. The number of Topliss-reactive ketones (excluding diaryl/α,β-unsaturated/α-hetero) is 2. The molecule has 2 aliphatic carbocycles. The van der Waals surface area contributed by atoms with E-state index in [1.165, 1.54) is 0 Å². The van der Waals surface area contributed by atoms with E-state index in [0.29, 0.717) is 5.56 Å². The summed E-state index contributed by atoms with van der Waals surface area (Å²) in [5, 5.41) is 17.6. The SMILES string of the molecule is O=C(CC(NC1CC1)(C(=O)O)C1c2ccccc2N[C@@H]2CCC[C@H]12)C(=O)c1ccccc1. The maximum atomic E-state index is 13.2. The van der Waals surface area contributed by atoms with Crippen LogP contribution in [-0.2, 0) is 9.59 Å².